The molecule has 0 saturated carbocycles. The molecule has 0 aliphatic carbocycles. The second-order valence-corrected chi connectivity index (χ2v) is 12.1. The van der Waals surface area contributed by atoms with E-state index in [9.17, 15) is 14.2 Å². The van der Waals surface area contributed by atoms with E-state index in [0.717, 1.165) is 0 Å². The molecular formula is C26H37O8P2+. The standard InChI is InChI=1S/C26H35O7P.H2OP/c1-17(15-26(2,3)4)16-34(29,24(27)22-18(30-5)11-9-12-19(22)31-6)25(28)23-20(32-7)13-10-14-21(23)33-8;1-2/h9-14,17H,15-16H2,1-8H3;2H2/q;+1. The molecule has 0 aliphatic heterocycles. The monoisotopic (exact) mass is 539 g/mol. The number of hydrogen-bond acceptors (Lipinski definition) is 8. The molecule has 0 fully saturated rings. The smallest absolute Gasteiger partial charge is 0.310 e. The van der Waals surface area contributed by atoms with Gasteiger partial charge < -0.3 is 23.5 Å². The molecule has 2 aromatic carbocycles. The van der Waals surface area contributed by atoms with Crippen LogP contribution in [0.1, 0.15) is 54.8 Å². The molecule has 2 aromatic rings. The fraction of sp³-hybridized carbons (Fsp3) is 0.462. The van der Waals surface area contributed by atoms with E-state index >= 15 is 0 Å². The molecule has 0 aliphatic rings. The molecule has 2 rings (SSSR count). The number of methoxy groups -OCH3 is 4. The molecule has 0 spiro atoms. The molecule has 0 bridgehead atoms. The van der Waals surface area contributed by atoms with Crippen molar-refractivity contribution >= 4 is 27.3 Å². The predicted molar refractivity (Wildman–Crippen MR) is 144 cm³/mol. The number of carbonyl (C=O) groups excluding carboxylic acids is 2. The van der Waals surface area contributed by atoms with Crippen molar-refractivity contribution in [3.8, 4) is 23.0 Å². The molecule has 0 amide bonds. The minimum atomic E-state index is -4.25. The summed E-state index contributed by atoms with van der Waals surface area (Å²) in [5.41, 5.74) is -1.72. The van der Waals surface area contributed by atoms with Gasteiger partial charge in [-0.05, 0) is 42.0 Å². The normalized spacial score (nSPS) is 12.0. The van der Waals surface area contributed by atoms with Crippen LogP contribution < -0.4 is 18.9 Å². The van der Waals surface area contributed by atoms with Crippen LogP contribution in [0, 0.1) is 11.3 Å². The van der Waals surface area contributed by atoms with Gasteiger partial charge in [0.05, 0.1) is 28.4 Å². The molecule has 0 heterocycles. The highest BCUT2D eigenvalue weighted by Crippen LogP contribution is 2.58. The van der Waals surface area contributed by atoms with E-state index in [1.165, 1.54) is 37.6 Å². The Balaban J connectivity index is 0.00000316. The maximum Gasteiger partial charge on any atom is 0.310 e. The maximum atomic E-state index is 14.7. The first-order chi connectivity index (χ1) is 16.9. The van der Waals surface area contributed by atoms with Crippen molar-refractivity contribution in [3.63, 3.8) is 0 Å². The zero-order valence-corrected chi connectivity index (χ0v) is 24.3. The molecule has 10 heteroatoms. The topological polar surface area (TPSA) is 105 Å². The van der Waals surface area contributed by atoms with E-state index < -0.39 is 18.2 Å². The van der Waals surface area contributed by atoms with Gasteiger partial charge in [0, 0.05) is 6.16 Å². The molecule has 2 atom stereocenters. The van der Waals surface area contributed by atoms with E-state index in [2.05, 4.69) is 20.8 Å². The minimum Gasteiger partial charge on any atom is -0.496 e. The van der Waals surface area contributed by atoms with Gasteiger partial charge in [0.15, 0.2) is 0 Å². The summed E-state index contributed by atoms with van der Waals surface area (Å²) in [6.07, 6.45) is 0.564. The van der Waals surface area contributed by atoms with Gasteiger partial charge in [0.25, 0.3) is 0 Å². The summed E-state index contributed by atoms with van der Waals surface area (Å²) in [5.74, 6) is 0.571. The second-order valence-electron chi connectivity index (χ2n) is 9.48. The molecule has 0 saturated heterocycles. The van der Waals surface area contributed by atoms with Gasteiger partial charge >= 0.3 is 9.12 Å². The molecular weight excluding hydrogens is 502 g/mol. The Bertz CT molecular complexity index is 992. The van der Waals surface area contributed by atoms with Gasteiger partial charge in [-0.15, -0.1) is 0 Å². The third kappa shape index (κ3) is 7.18. The Hall–Kier alpha value is -2.69. The maximum absolute atomic E-state index is 14.7. The van der Waals surface area contributed by atoms with Gasteiger partial charge in [0.1, 0.15) is 34.1 Å². The number of benzene rings is 2. The average molecular weight is 540 g/mol. The molecule has 198 valence electrons. The van der Waals surface area contributed by atoms with Crippen LogP contribution >= 0.6 is 16.3 Å². The summed E-state index contributed by atoms with van der Waals surface area (Å²) in [4.78, 5) is 28.0. The van der Waals surface area contributed by atoms with Crippen LogP contribution in [-0.2, 0) is 9.13 Å². The zero-order valence-electron chi connectivity index (χ0n) is 22.2. The highest BCUT2D eigenvalue weighted by molar-refractivity contribution is 7.95. The van der Waals surface area contributed by atoms with Crippen LogP contribution in [0.3, 0.4) is 0 Å². The van der Waals surface area contributed by atoms with Crippen LogP contribution in [0.2, 0.25) is 0 Å². The molecule has 0 aromatic heterocycles. The predicted octanol–water partition coefficient (Wildman–Crippen LogP) is 6.34. The Labute approximate surface area is 215 Å². The first-order valence-corrected chi connectivity index (χ1v) is 13.6. The first-order valence-electron chi connectivity index (χ1n) is 11.3. The van der Waals surface area contributed by atoms with E-state index in [1.807, 2.05) is 6.92 Å². The fourth-order valence-corrected chi connectivity index (χ4v) is 6.98. The van der Waals surface area contributed by atoms with Crippen molar-refractivity contribution in [1.29, 1.82) is 0 Å². The second kappa shape index (κ2) is 13.6. The quantitative estimate of drug-likeness (QED) is 0.305. The number of hydrogen-bond donors (Lipinski definition) is 0. The summed E-state index contributed by atoms with van der Waals surface area (Å²) < 4.78 is 44.4. The van der Waals surface area contributed by atoms with Crippen LogP contribution in [0.25, 0.3) is 0 Å². The molecule has 36 heavy (non-hydrogen) atoms. The Morgan fingerprint density at radius 1 is 0.778 bits per heavy atom. The van der Waals surface area contributed by atoms with Crippen molar-refractivity contribution in [2.45, 2.75) is 34.1 Å². The lowest BCUT2D eigenvalue weighted by Gasteiger charge is -2.27. The van der Waals surface area contributed by atoms with Crippen molar-refractivity contribution in [3.05, 3.63) is 47.5 Å². The summed E-state index contributed by atoms with van der Waals surface area (Å²) in [6, 6.07) is 9.62. The first kappa shape index (κ1) is 31.3. The largest absolute Gasteiger partial charge is 0.496 e. The summed E-state index contributed by atoms with van der Waals surface area (Å²) in [6.45, 7) is 8.08. The average Bonchev–Trinajstić information content (AvgIpc) is 2.86. The van der Waals surface area contributed by atoms with Crippen LogP contribution in [0.15, 0.2) is 36.4 Å². The highest BCUT2D eigenvalue weighted by Gasteiger charge is 2.46. The summed E-state index contributed by atoms with van der Waals surface area (Å²) in [5, 5.41) is 0. The van der Waals surface area contributed by atoms with E-state index in [1.54, 1.807) is 36.4 Å². The lowest BCUT2D eigenvalue weighted by Crippen LogP contribution is -2.21. The number of carbonyl (C=O) groups is 2. The van der Waals surface area contributed by atoms with Crippen molar-refractivity contribution in [2.75, 3.05) is 34.6 Å². The molecule has 8 nitrogen and oxygen atoms in total. The van der Waals surface area contributed by atoms with Gasteiger partial charge in [-0.3, -0.25) is 9.59 Å². The Morgan fingerprint density at radius 3 is 1.33 bits per heavy atom. The van der Waals surface area contributed by atoms with Gasteiger partial charge in [-0.25, -0.2) is 0 Å². The molecule has 0 N–H and O–H groups in total. The van der Waals surface area contributed by atoms with Crippen LogP contribution in [0.5, 0.6) is 23.0 Å². The third-order valence-corrected chi connectivity index (χ3v) is 8.37. The minimum absolute atomic E-state index is 0.0130. The lowest BCUT2D eigenvalue weighted by molar-refractivity contribution is 0.103. The summed E-state index contributed by atoms with van der Waals surface area (Å²) >= 11 is 0. The SMILES string of the molecule is COc1cccc(OC)c1C(=O)P(=O)(CC(C)CC(C)(C)C)C(=O)c1c(OC)cccc1OC.O=[PH2+]. The molecule has 0 radical (unpaired) electrons. The van der Waals surface area contributed by atoms with Gasteiger partial charge in [0.2, 0.25) is 18.2 Å². The number of ether oxygens (including phenoxy) is 4. The van der Waals surface area contributed by atoms with Crippen LogP contribution in [0.4, 0.5) is 0 Å². The van der Waals surface area contributed by atoms with Crippen LogP contribution in [-0.4, -0.2) is 45.6 Å². The van der Waals surface area contributed by atoms with E-state index in [-0.39, 0.29) is 51.6 Å². The highest BCUT2D eigenvalue weighted by atomic mass is 31.2. The third-order valence-electron chi connectivity index (χ3n) is 5.47. The zero-order chi connectivity index (χ0) is 27.7. The van der Waals surface area contributed by atoms with E-state index in [4.69, 9.17) is 23.5 Å². The number of rotatable bonds is 11. The molecule has 2 unspecified atom stereocenters. The van der Waals surface area contributed by atoms with Crippen molar-refractivity contribution < 1.29 is 37.7 Å². The van der Waals surface area contributed by atoms with Gasteiger partial charge in [-0.2, -0.15) is 0 Å². The Kier molecular flexibility index (Phi) is 11.8. The Morgan fingerprint density at radius 2 is 1.08 bits per heavy atom. The summed E-state index contributed by atoms with van der Waals surface area (Å²) in [7, 11) is 2.55. The van der Waals surface area contributed by atoms with Gasteiger partial charge in [-0.1, -0.05) is 44.4 Å². The van der Waals surface area contributed by atoms with E-state index in [0.29, 0.717) is 6.42 Å². The van der Waals surface area contributed by atoms with Crippen molar-refractivity contribution in [2.24, 2.45) is 11.3 Å². The van der Waals surface area contributed by atoms with Crippen molar-refractivity contribution in [1.82, 2.24) is 0 Å². The lowest BCUT2D eigenvalue weighted by atomic mass is 9.86. The fourth-order valence-electron chi connectivity index (χ4n) is 4.29.